The predicted molar refractivity (Wildman–Crippen MR) is 162 cm³/mol. The van der Waals surface area contributed by atoms with Crippen LogP contribution in [0.2, 0.25) is 0 Å². The van der Waals surface area contributed by atoms with Crippen LogP contribution in [0.3, 0.4) is 0 Å². The van der Waals surface area contributed by atoms with Crippen molar-refractivity contribution in [3.05, 3.63) is 47.0 Å². The molecule has 0 bridgehead atoms. The number of alkyl halides is 7. The number of likely N-dealkylation sites (tertiary alicyclic amines) is 1. The maximum absolute atomic E-state index is 17.4. The molecule has 13 heteroatoms. The second-order valence-electron chi connectivity index (χ2n) is 14.6. The number of esters is 2. The van der Waals surface area contributed by atoms with Crippen LogP contribution in [0.15, 0.2) is 30.4 Å². The van der Waals surface area contributed by atoms with Crippen molar-refractivity contribution in [1.29, 1.82) is 0 Å². The Morgan fingerprint density at radius 2 is 1.56 bits per heavy atom. The minimum atomic E-state index is -5.01. The Morgan fingerprint density at radius 1 is 0.958 bits per heavy atom. The molecule has 3 fully saturated rings. The van der Waals surface area contributed by atoms with Crippen molar-refractivity contribution in [2.24, 2.45) is 17.3 Å². The number of nitrogens with zero attached hydrogens (tertiary/aromatic N) is 1. The van der Waals surface area contributed by atoms with Crippen LogP contribution in [0.4, 0.5) is 30.7 Å². The highest BCUT2D eigenvalue weighted by molar-refractivity contribution is 5.91. The van der Waals surface area contributed by atoms with Gasteiger partial charge in [-0.05, 0) is 108 Å². The van der Waals surface area contributed by atoms with E-state index in [1.807, 2.05) is 0 Å². The van der Waals surface area contributed by atoms with Crippen LogP contribution in [-0.2, 0) is 35.7 Å². The maximum atomic E-state index is 17.4. The summed E-state index contributed by atoms with van der Waals surface area (Å²) in [6.45, 7) is 9.42. The number of amides is 1. The molecule has 1 aromatic rings. The molecule has 268 valence electrons. The van der Waals surface area contributed by atoms with Gasteiger partial charge in [0.15, 0.2) is 5.67 Å². The van der Waals surface area contributed by atoms with Crippen LogP contribution in [0.1, 0.15) is 108 Å². The largest absolute Gasteiger partial charge is 0.467 e. The van der Waals surface area contributed by atoms with E-state index in [4.69, 9.17) is 9.47 Å². The number of methoxy groups -OCH3 is 1. The van der Waals surface area contributed by atoms with Crippen molar-refractivity contribution in [2.75, 3.05) is 13.7 Å². The molecule has 0 aromatic heterocycles. The Kier molecular flexibility index (Phi) is 10.4. The van der Waals surface area contributed by atoms with Crippen molar-refractivity contribution in [1.82, 2.24) is 4.90 Å². The van der Waals surface area contributed by atoms with Gasteiger partial charge in [-0.1, -0.05) is 18.7 Å². The summed E-state index contributed by atoms with van der Waals surface area (Å²) in [5.41, 5.74) is -8.24. The third-order valence-electron chi connectivity index (χ3n) is 10.2. The third-order valence-corrected chi connectivity index (χ3v) is 10.2. The molecular weight excluding hydrogens is 647 g/mol. The van der Waals surface area contributed by atoms with E-state index in [1.165, 1.54) is 13.0 Å². The molecule has 0 spiro atoms. The highest BCUT2D eigenvalue weighted by Crippen LogP contribution is 2.60. The lowest BCUT2D eigenvalue weighted by Gasteiger charge is -2.35. The summed E-state index contributed by atoms with van der Waals surface area (Å²) in [5, 5.41) is 0. The molecule has 2 aliphatic carbocycles. The average molecular weight is 692 g/mol. The fraction of sp³-hybridized carbons (Fsp3) is 0.686. The van der Waals surface area contributed by atoms with Crippen LogP contribution in [0.25, 0.3) is 0 Å². The molecule has 0 N–H and O–H groups in total. The number of halogens is 7. The molecule has 1 aromatic carbocycles. The minimum absolute atomic E-state index is 0.208. The summed E-state index contributed by atoms with van der Waals surface area (Å²) < 4.78 is 113. The second-order valence-corrected chi connectivity index (χ2v) is 14.6. The molecule has 1 amide bonds. The standard InChI is InChI=1S/C35H44F7NO5/c1-20(2)33(36,24-18-27(29(45)47-6)43(19-24)30(46)32(15-16-32)35(40,41)42)25-13-12-23(17-26(25)34(37,38)39)22-10-7-21(8-11-22)9-14-28(44)48-31(3,4)5/h12-13,17,21-22,24,27H,1,7-11,14-16,18-19H2,2-6H3/t21?,22?,24?,27-,33?/m0/s1. The predicted octanol–water partition coefficient (Wildman–Crippen LogP) is 8.57. The molecule has 1 heterocycles. The van der Waals surface area contributed by atoms with E-state index >= 15 is 4.39 Å². The second kappa shape index (κ2) is 13.3. The van der Waals surface area contributed by atoms with Crippen LogP contribution in [0.5, 0.6) is 0 Å². The first-order valence-electron chi connectivity index (χ1n) is 16.3. The van der Waals surface area contributed by atoms with E-state index in [0.717, 1.165) is 19.2 Å². The van der Waals surface area contributed by atoms with Crippen LogP contribution >= 0.6 is 0 Å². The molecule has 6 nitrogen and oxygen atoms in total. The van der Waals surface area contributed by atoms with Gasteiger partial charge in [-0.25, -0.2) is 9.18 Å². The lowest BCUT2D eigenvalue weighted by atomic mass is 9.73. The van der Waals surface area contributed by atoms with Crippen LogP contribution < -0.4 is 0 Å². The molecule has 4 rings (SSSR count). The van der Waals surface area contributed by atoms with Crippen LogP contribution in [0, 0.1) is 17.3 Å². The van der Waals surface area contributed by atoms with Gasteiger partial charge in [-0.15, -0.1) is 0 Å². The molecule has 1 saturated heterocycles. The normalized spacial score (nSPS) is 25.6. The summed E-state index contributed by atoms with van der Waals surface area (Å²) in [6.07, 6.45) is -8.11. The average Bonchev–Trinajstić information content (AvgIpc) is 3.70. The number of allylic oxidation sites excluding steroid dienone is 1. The van der Waals surface area contributed by atoms with Gasteiger partial charge in [-0.3, -0.25) is 9.59 Å². The molecule has 1 aliphatic heterocycles. The Hall–Kier alpha value is -3.12. The molecular formula is C35H44F7NO5. The zero-order valence-electron chi connectivity index (χ0n) is 28.0. The zero-order valence-corrected chi connectivity index (χ0v) is 28.0. The Bertz CT molecular complexity index is 1400. The summed E-state index contributed by atoms with van der Waals surface area (Å²) in [5.74, 6) is -4.34. The smallest absolute Gasteiger partial charge is 0.416 e. The van der Waals surface area contributed by atoms with Gasteiger partial charge >= 0.3 is 24.3 Å². The number of benzene rings is 1. The first-order valence-corrected chi connectivity index (χ1v) is 16.3. The van der Waals surface area contributed by atoms with E-state index in [0.29, 0.717) is 42.6 Å². The number of rotatable bonds is 9. The Labute approximate surface area is 276 Å². The molecule has 2 unspecified atom stereocenters. The van der Waals surface area contributed by atoms with E-state index in [-0.39, 0.29) is 29.8 Å². The molecule has 48 heavy (non-hydrogen) atoms. The lowest BCUT2D eigenvalue weighted by Crippen LogP contribution is -2.49. The fourth-order valence-corrected chi connectivity index (χ4v) is 7.39. The van der Waals surface area contributed by atoms with E-state index in [2.05, 4.69) is 6.58 Å². The van der Waals surface area contributed by atoms with Crippen molar-refractivity contribution in [2.45, 2.75) is 121 Å². The van der Waals surface area contributed by atoms with Crippen molar-refractivity contribution < 1.29 is 54.6 Å². The number of ether oxygens (including phenoxy) is 2. The highest BCUT2D eigenvalue weighted by atomic mass is 19.4. The van der Waals surface area contributed by atoms with Gasteiger partial charge in [0.2, 0.25) is 5.91 Å². The Morgan fingerprint density at radius 3 is 2.04 bits per heavy atom. The zero-order chi connectivity index (χ0) is 36.0. The fourth-order valence-electron chi connectivity index (χ4n) is 7.39. The van der Waals surface area contributed by atoms with Gasteiger partial charge in [0, 0.05) is 24.4 Å². The summed E-state index contributed by atoms with van der Waals surface area (Å²) in [6, 6.07) is 1.81. The van der Waals surface area contributed by atoms with Gasteiger partial charge < -0.3 is 14.4 Å². The monoisotopic (exact) mass is 691 g/mol. The maximum Gasteiger partial charge on any atom is 0.416 e. The summed E-state index contributed by atoms with van der Waals surface area (Å²) >= 11 is 0. The van der Waals surface area contributed by atoms with Gasteiger partial charge in [0.25, 0.3) is 0 Å². The molecule has 0 radical (unpaired) electrons. The van der Waals surface area contributed by atoms with Crippen LogP contribution in [-0.4, -0.2) is 54.2 Å². The molecule has 3 atom stereocenters. The molecule has 2 saturated carbocycles. The highest BCUT2D eigenvalue weighted by Gasteiger charge is 2.71. The van der Waals surface area contributed by atoms with Crippen molar-refractivity contribution in [3.63, 3.8) is 0 Å². The first-order chi connectivity index (χ1) is 22.0. The van der Waals surface area contributed by atoms with Gasteiger partial charge in [0.1, 0.15) is 17.1 Å². The van der Waals surface area contributed by atoms with E-state index in [9.17, 15) is 40.7 Å². The number of hydrogen-bond donors (Lipinski definition) is 0. The number of carbonyl (C=O) groups is 3. The van der Waals surface area contributed by atoms with Crippen molar-refractivity contribution in [3.8, 4) is 0 Å². The van der Waals surface area contributed by atoms with E-state index in [1.54, 1.807) is 20.8 Å². The van der Waals surface area contributed by atoms with Gasteiger partial charge in [-0.2, -0.15) is 26.3 Å². The number of hydrogen-bond acceptors (Lipinski definition) is 5. The molecule has 3 aliphatic rings. The quantitative estimate of drug-likeness (QED) is 0.147. The summed E-state index contributed by atoms with van der Waals surface area (Å²) in [7, 11) is 0.964. The minimum Gasteiger partial charge on any atom is -0.467 e. The van der Waals surface area contributed by atoms with E-state index < -0.39 is 89.8 Å². The lowest BCUT2D eigenvalue weighted by molar-refractivity contribution is -0.200. The third kappa shape index (κ3) is 7.54. The summed E-state index contributed by atoms with van der Waals surface area (Å²) in [4.78, 5) is 38.6. The topological polar surface area (TPSA) is 72.9 Å². The Balaban J connectivity index is 1.59. The SMILES string of the molecule is C=C(C)C(F)(c1ccc(C2CCC(CCC(=O)OC(C)(C)C)CC2)cc1C(F)(F)F)C1C[C@@H](C(=O)OC)N(C(=O)C2(C(F)(F)F)CC2)C1. The number of carbonyl (C=O) groups excluding carboxylic acids is 3. The van der Waals surface area contributed by atoms with Crippen molar-refractivity contribution >= 4 is 17.8 Å². The van der Waals surface area contributed by atoms with Gasteiger partial charge in [0.05, 0.1) is 12.7 Å². The first kappa shape index (κ1) is 37.7.